The SMILES string of the molecule is C=C(C)[C@@H]1CC[C@]2(C=NO)CC[C@]3(C)[C@H](CC[C@@H]4[C@@]5(C)CC[C@H](O)C(C)(C)[C@@H]5CC[C@]43C)[C@@H]12. The van der Waals surface area contributed by atoms with Crippen LogP contribution in [0.4, 0.5) is 0 Å². The molecule has 186 valence electrons. The Morgan fingerprint density at radius 2 is 1.58 bits per heavy atom. The minimum atomic E-state index is -0.158. The van der Waals surface area contributed by atoms with E-state index < -0.39 is 0 Å². The van der Waals surface area contributed by atoms with Crippen molar-refractivity contribution in [2.75, 3.05) is 0 Å². The molecule has 0 saturated heterocycles. The van der Waals surface area contributed by atoms with Crippen molar-refractivity contribution < 1.29 is 10.3 Å². The van der Waals surface area contributed by atoms with E-state index in [2.05, 4.69) is 53.3 Å². The quantitative estimate of drug-likeness (QED) is 0.196. The summed E-state index contributed by atoms with van der Waals surface area (Å²) in [5.74, 6) is 3.16. The maximum absolute atomic E-state index is 10.9. The van der Waals surface area contributed by atoms with Gasteiger partial charge < -0.3 is 10.3 Å². The van der Waals surface area contributed by atoms with Crippen LogP contribution in [0, 0.1) is 56.7 Å². The first-order valence-electron chi connectivity index (χ1n) is 13.9. The van der Waals surface area contributed by atoms with Crippen LogP contribution in [-0.4, -0.2) is 22.6 Å². The summed E-state index contributed by atoms with van der Waals surface area (Å²) in [6.07, 6.45) is 13.9. The number of rotatable bonds is 2. The second-order valence-electron chi connectivity index (χ2n) is 14.5. The second-order valence-corrected chi connectivity index (χ2v) is 14.5. The van der Waals surface area contributed by atoms with Gasteiger partial charge in [0.1, 0.15) is 0 Å². The molecule has 10 atom stereocenters. The Bertz CT molecular complexity index is 848. The monoisotopic (exact) mass is 455 g/mol. The Morgan fingerprint density at radius 1 is 0.848 bits per heavy atom. The zero-order chi connectivity index (χ0) is 24.0. The van der Waals surface area contributed by atoms with Gasteiger partial charge >= 0.3 is 0 Å². The Kier molecular flexibility index (Phi) is 5.31. The van der Waals surface area contributed by atoms with Crippen molar-refractivity contribution >= 4 is 6.21 Å². The van der Waals surface area contributed by atoms with Crippen molar-refractivity contribution in [1.29, 1.82) is 0 Å². The van der Waals surface area contributed by atoms with Crippen LogP contribution in [0.5, 0.6) is 0 Å². The molecular formula is C30H49NO2. The van der Waals surface area contributed by atoms with E-state index in [1.807, 2.05) is 6.21 Å². The number of oxime groups is 1. The third kappa shape index (κ3) is 2.87. The van der Waals surface area contributed by atoms with E-state index in [1.54, 1.807) is 0 Å². The van der Waals surface area contributed by atoms with Crippen molar-refractivity contribution in [1.82, 2.24) is 0 Å². The van der Waals surface area contributed by atoms with Gasteiger partial charge in [-0.2, -0.15) is 0 Å². The average Bonchev–Trinajstić information content (AvgIpc) is 3.12. The molecule has 0 unspecified atom stereocenters. The van der Waals surface area contributed by atoms with Gasteiger partial charge in [0.25, 0.3) is 0 Å². The van der Waals surface area contributed by atoms with Crippen LogP contribution >= 0.6 is 0 Å². The number of hydrogen-bond donors (Lipinski definition) is 2. The lowest BCUT2D eigenvalue weighted by Gasteiger charge is -2.72. The molecule has 5 aliphatic rings. The Balaban J connectivity index is 1.56. The average molecular weight is 456 g/mol. The number of allylic oxidation sites excluding steroid dienone is 1. The summed E-state index contributed by atoms with van der Waals surface area (Å²) < 4.78 is 0. The largest absolute Gasteiger partial charge is 0.411 e. The molecule has 0 radical (unpaired) electrons. The predicted molar refractivity (Wildman–Crippen MR) is 135 cm³/mol. The van der Waals surface area contributed by atoms with Crippen LogP contribution < -0.4 is 0 Å². The van der Waals surface area contributed by atoms with Gasteiger partial charge in [0.2, 0.25) is 0 Å². The van der Waals surface area contributed by atoms with Gasteiger partial charge in [-0.05, 0) is 122 Å². The van der Waals surface area contributed by atoms with Crippen LogP contribution in [0.15, 0.2) is 17.3 Å². The molecule has 0 aromatic heterocycles. The third-order valence-corrected chi connectivity index (χ3v) is 13.4. The summed E-state index contributed by atoms with van der Waals surface area (Å²) in [4.78, 5) is 0. The van der Waals surface area contributed by atoms with E-state index in [1.165, 1.54) is 50.5 Å². The Hall–Kier alpha value is -0.830. The molecule has 5 aliphatic carbocycles. The highest BCUT2D eigenvalue weighted by molar-refractivity contribution is 5.67. The summed E-state index contributed by atoms with van der Waals surface area (Å²) in [6.45, 7) is 19.3. The van der Waals surface area contributed by atoms with Crippen LogP contribution in [0.25, 0.3) is 0 Å². The molecule has 3 heteroatoms. The van der Waals surface area contributed by atoms with E-state index >= 15 is 0 Å². The summed E-state index contributed by atoms with van der Waals surface area (Å²) in [7, 11) is 0. The zero-order valence-corrected chi connectivity index (χ0v) is 22.2. The lowest BCUT2D eigenvalue weighted by Crippen LogP contribution is -2.66. The van der Waals surface area contributed by atoms with Gasteiger partial charge in [0, 0.05) is 5.41 Å². The van der Waals surface area contributed by atoms with Crippen LogP contribution in [-0.2, 0) is 0 Å². The highest BCUT2D eigenvalue weighted by Crippen LogP contribution is 2.77. The minimum Gasteiger partial charge on any atom is -0.411 e. The van der Waals surface area contributed by atoms with Gasteiger partial charge in [0.05, 0.1) is 12.3 Å². The fourth-order valence-electron chi connectivity index (χ4n) is 11.5. The highest BCUT2D eigenvalue weighted by Gasteiger charge is 2.70. The first kappa shape index (κ1) is 23.9. The molecule has 0 spiro atoms. The predicted octanol–water partition coefficient (Wildman–Crippen LogP) is 7.46. The maximum atomic E-state index is 10.9. The molecule has 5 saturated carbocycles. The summed E-state index contributed by atoms with van der Waals surface area (Å²) in [5.41, 5.74) is 2.40. The fourth-order valence-corrected chi connectivity index (χ4v) is 11.5. The first-order chi connectivity index (χ1) is 15.4. The molecule has 5 rings (SSSR count). The van der Waals surface area contributed by atoms with Crippen molar-refractivity contribution in [2.24, 2.45) is 61.8 Å². The number of aliphatic hydroxyl groups is 1. The third-order valence-electron chi connectivity index (χ3n) is 13.4. The van der Waals surface area contributed by atoms with E-state index in [4.69, 9.17) is 0 Å². The smallest absolute Gasteiger partial charge is 0.0594 e. The Labute approximate surface area is 202 Å². The van der Waals surface area contributed by atoms with Crippen LogP contribution in [0.1, 0.15) is 106 Å². The van der Waals surface area contributed by atoms with Crippen molar-refractivity contribution in [3.63, 3.8) is 0 Å². The van der Waals surface area contributed by atoms with Gasteiger partial charge in [-0.25, -0.2) is 0 Å². The summed E-state index contributed by atoms with van der Waals surface area (Å²) in [6, 6.07) is 0. The lowest BCUT2D eigenvalue weighted by atomic mass is 9.32. The standard InChI is InChI=1S/C30H49NO2/c1-19(2)20-10-15-30(18-31-33)17-16-28(6)21(25(20)30)8-9-23-27(5)13-12-24(32)26(3,4)22(27)11-14-29(23,28)7/h18,20-25,32-33H,1,8-17H2,2-7H3/t20-,21+,22-,23+,24-,25+,27-,28+,29+,30+/m0/s1. The van der Waals surface area contributed by atoms with E-state index in [0.29, 0.717) is 39.9 Å². The topological polar surface area (TPSA) is 52.8 Å². The molecule has 0 aromatic rings. The van der Waals surface area contributed by atoms with Crippen molar-refractivity contribution in [3.05, 3.63) is 12.2 Å². The molecular weight excluding hydrogens is 406 g/mol. The van der Waals surface area contributed by atoms with E-state index in [0.717, 1.165) is 25.2 Å². The molecule has 0 aliphatic heterocycles. The molecule has 5 fully saturated rings. The molecule has 0 heterocycles. The van der Waals surface area contributed by atoms with Gasteiger partial charge in [-0.15, -0.1) is 5.16 Å². The molecule has 2 N–H and O–H groups in total. The minimum absolute atomic E-state index is 0.0158. The first-order valence-corrected chi connectivity index (χ1v) is 13.9. The second kappa shape index (κ2) is 7.34. The number of nitrogens with zero attached hydrogens (tertiary/aromatic N) is 1. The van der Waals surface area contributed by atoms with Crippen molar-refractivity contribution in [2.45, 2.75) is 112 Å². The number of hydrogen-bond acceptors (Lipinski definition) is 3. The summed E-state index contributed by atoms with van der Waals surface area (Å²) >= 11 is 0. The van der Waals surface area contributed by atoms with E-state index in [9.17, 15) is 10.3 Å². The van der Waals surface area contributed by atoms with Crippen LogP contribution in [0.2, 0.25) is 0 Å². The Morgan fingerprint density at radius 3 is 2.24 bits per heavy atom. The molecule has 33 heavy (non-hydrogen) atoms. The summed E-state index contributed by atoms with van der Waals surface area (Å²) in [5, 5.41) is 24.2. The number of fused-ring (bicyclic) bond motifs is 7. The van der Waals surface area contributed by atoms with Gasteiger partial charge in [-0.1, -0.05) is 46.8 Å². The normalized spacial score (nSPS) is 55.4. The molecule has 0 amide bonds. The van der Waals surface area contributed by atoms with Crippen molar-refractivity contribution in [3.8, 4) is 0 Å². The molecule has 0 aromatic carbocycles. The van der Waals surface area contributed by atoms with E-state index in [-0.39, 0.29) is 16.9 Å². The zero-order valence-electron chi connectivity index (χ0n) is 22.2. The fraction of sp³-hybridized carbons (Fsp3) is 0.900. The highest BCUT2D eigenvalue weighted by atomic mass is 16.4. The van der Waals surface area contributed by atoms with Crippen LogP contribution in [0.3, 0.4) is 0 Å². The lowest BCUT2D eigenvalue weighted by molar-refractivity contribution is -0.243. The molecule has 3 nitrogen and oxygen atoms in total. The van der Waals surface area contributed by atoms with Gasteiger partial charge in [0.15, 0.2) is 0 Å². The maximum Gasteiger partial charge on any atom is 0.0594 e. The van der Waals surface area contributed by atoms with Gasteiger partial charge in [-0.3, -0.25) is 0 Å². The number of aliphatic hydroxyl groups excluding tert-OH is 1. The molecule has 0 bridgehead atoms.